The van der Waals surface area contributed by atoms with Crippen LogP contribution in [0, 0.1) is 0 Å². The molecule has 0 saturated carbocycles. The zero-order valence-electron chi connectivity index (χ0n) is 34.2. The van der Waals surface area contributed by atoms with Gasteiger partial charge in [0.25, 0.3) is 0 Å². The molecule has 6 heteroatoms. The van der Waals surface area contributed by atoms with Crippen molar-refractivity contribution in [1.29, 1.82) is 0 Å². The lowest BCUT2D eigenvalue weighted by molar-refractivity contribution is 0.567. The highest BCUT2D eigenvalue weighted by molar-refractivity contribution is 7.06. The van der Waals surface area contributed by atoms with Crippen LogP contribution in [-0.2, 0) is 10.8 Å². The summed E-state index contributed by atoms with van der Waals surface area (Å²) in [7, 11) is -2.67. The van der Waals surface area contributed by atoms with E-state index in [2.05, 4.69) is 200 Å². The van der Waals surface area contributed by atoms with E-state index in [1.54, 1.807) is 0 Å². The van der Waals surface area contributed by atoms with Crippen LogP contribution in [0.1, 0.15) is 94.3 Å². The maximum absolute atomic E-state index is 5.02. The van der Waals surface area contributed by atoms with Gasteiger partial charge in [0.1, 0.15) is 13.9 Å². The Hall–Kier alpha value is -4.94. The van der Waals surface area contributed by atoms with Gasteiger partial charge in [-0.2, -0.15) is 5.10 Å². The Morgan fingerprint density at radius 1 is 0.481 bits per heavy atom. The van der Waals surface area contributed by atoms with E-state index in [-0.39, 0.29) is 20.9 Å². The second kappa shape index (κ2) is 12.0. The lowest BCUT2D eigenvalue weighted by atomic mass is 9.88. The minimum atomic E-state index is -2.67. The quantitative estimate of drug-likeness (QED) is 0.183. The van der Waals surface area contributed by atoms with Gasteiger partial charge in [-0.3, -0.25) is 14.2 Å². The van der Waals surface area contributed by atoms with Crippen molar-refractivity contribution in [2.24, 2.45) is 0 Å². The summed E-state index contributed by atoms with van der Waals surface area (Å²) in [6.07, 6.45) is 1.97. The Balaban J connectivity index is 1.45. The predicted octanol–water partition coefficient (Wildman–Crippen LogP) is 11.8. The maximum atomic E-state index is 5.02. The topological polar surface area (TPSA) is 51.4 Å². The van der Waals surface area contributed by atoms with Gasteiger partial charge in [-0.25, -0.2) is 4.98 Å². The fourth-order valence-corrected chi connectivity index (χ4v) is 17.2. The number of hydrogen-bond donors (Lipinski definition) is 1. The van der Waals surface area contributed by atoms with E-state index < -0.39 is 8.07 Å². The second-order valence-electron chi connectivity index (χ2n) is 19.5. The third kappa shape index (κ3) is 5.39. The van der Waals surface area contributed by atoms with Crippen LogP contribution >= 0.6 is 0 Å². The third-order valence-electron chi connectivity index (χ3n) is 11.9. The highest BCUT2D eigenvalue weighted by Crippen LogP contribution is 2.51. The van der Waals surface area contributed by atoms with E-state index in [1.807, 2.05) is 6.20 Å². The molecule has 0 fully saturated rings. The zero-order valence-corrected chi connectivity index (χ0v) is 35.2. The van der Waals surface area contributed by atoms with E-state index in [0.29, 0.717) is 0 Å². The summed E-state index contributed by atoms with van der Waals surface area (Å²) in [5.74, 6) is 1.89. The fourth-order valence-electron chi connectivity index (χ4n) is 9.74. The minimum Gasteiger partial charge on any atom is -0.294 e. The van der Waals surface area contributed by atoms with Crippen molar-refractivity contribution in [1.82, 2.24) is 24.3 Å². The van der Waals surface area contributed by atoms with Crippen molar-refractivity contribution in [3.05, 3.63) is 121 Å². The molecule has 0 saturated heterocycles. The summed E-state index contributed by atoms with van der Waals surface area (Å²) < 4.78 is 4.78. The molecule has 0 unspecified atom stereocenters. The first-order chi connectivity index (χ1) is 25.3. The van der Waals surface area contributed by atoms with Crippen LogP contribution < -0.4 is 10.4 Å². The number of rotatable bonds is 4. The summed E-state index contributed by atoms with van der Waals surface area (Å²) in [4.78, 5) is 5.02. The normalized spacial score (nSPS) is 13.6. The first-order valence-corrected chi connectivity index (χ1v) is 21.4. The number of aromatic amines is 1. The van der Waals surface area contributed by atoms with E-state index in [4.69, 9.17) is 10.1 Å². The molecule has 0 aliphatic rings. The van der Waals surface area contributed by atoms with Crippen LogP contribution in [0.25, 0.3) is 55.2 Å². The summed E-state index contributed by atoms with van der Waals surface area (Å²) in [6, 6.07) is 39.0. The first-order valence-electron chi connectivity index (χ1n) is 19.4. The van der Waals surface area contributed by atoms with Crippen molar-refractivity contribution in [3.8, 4) is 11.6 Å². The van der Waals surface area contributed by atoms with Gasteiger partial charge in [0, 0.05) is 44.9 Å². The van der Waals surface area contributed by atoms with E-state index in [0.717, 1.165) is 17.3 Å². The first kappa shape index (κ1) is 36.1. The Kier molecular flexibility index (Phi) is 8.03. The third-order valence-corrected chi connectivity index (χ3v) is 18.8. The Labute approximate surface area is 321 Å². The Morgan fingerprint density at radius 2 is 0.963 bits per heavy atom. The molecule has 1 N–H and O–H groups in total. The van der Waals surface area contributed by atoms with E-state index in [9.17, 15) is 0 Å². The molecule has 0 aliphatic carbocycles. The van der Waals surface area contributed by atoms with Gasteiger partial charge >= 0.3 is 0 Å². The summed E-state index contributed by atoms with van der Waals surface area (Å²) in [5, 5.41) is 16.1. The number of nitrogens with one attached hydrogen (secondary N) is 1. The van der Waals surface area contributed by atoms with Crippen molar-refractivity contribution in [3.63, 3.8) is 0 Å². The molecule has 4 aromatic heterocycles. The number of pyridine rings is 1. The SMILES string of the molecule is CC(C)(C)c1ccnc(-n2c3ccccc3c3ccc([Si](c4ccc5c6ccccc6n(-c6cc(C(C)(C)C)[nH]n6)c5c4)(C(C)(C)C)C(C)(C)C)cc32)c1. The number of para-hydroxylation sites is 2. The molecule has 0 spiro atoms. The van der Waals surface area contributed by atoms with Gasteiger partial charge in [0.2, 0.25) is 0 Å². The van der Waals surface area contributed by atoms with E-state index in [1.165, 1.54) is 59.5 Å². The van der Waals surface area contributed by atoms with Crippen LogP contribution in [0.3, 0.4) is 0 Å². The molecule has 4 heterocycles. The van der Waals surface area contributed by atoms with Crippen molar-refractivity contribution in [2.75, 3.05) is 0 Å². The molecule has 0 radical (unpaired) electrons. The van der Waals surface area contributed by atoms with Crippen LogP contribution in [0.5, 0.6) is 0 Å². The minimum absolute atomic E-state index is 0.00743. The van der Waals surface area contributed by atoms with Gasteiger partial charge in [0.05, 0.1) is 22.1 Å². The lowest BCUT2D eigenvalue weighted by Gasteiger charge is -2.53. The average molecular weight is 730 g/mol. The fraction of sp³-hybridized carbons (Fsp3) is 0.333. The number of hydrogen-bond acceptors (Lipinski definition) is 2. The highest BCUT2D eigenvalue weighted by atomic mass is 28.3. The molecule has 276 valence electrons. The number of benzene rings is 4. The lowest BCUT2D eigenvalue weighted by Crippen LogP contribution is -2.69. The Bertz CT molecular complexity index is 2700. The number of aromatic nitrogens is 5. The van der Waals surface area contributed by atoms with Crippen LogP contribution in [0.2, 0.25) is 10.1 Å². The molecule has 0 amide bonds. The largest absolute Gasteiger partial charge is 0.294 e. The molecule has 0 bridgehead atoms. The molecule has 5 nitrogen and oxygen atoms in total. The molecule has 8 aromatic rings. The molecular formula is C48H55N5Si. The molecule has 8 rings (SSSR count). The predicted molar refractivity (Wildman–Crippen MR) is 233 cm³/mol. The van der Waals surface area contributed by atoms with Crippen LogP contribution in [0.15, 0.2) is 109 Å². The van der Waals surface area contributed by atoms with E-state index >= 15 is 0 Å². The molecular weight excluding hydrogens is 675 g/mol. The Morgan fingerprint density at radius 3 is 1.43 bits per heavy atom. The number of fused-ring (bicyclic) bond motifs is 6. The van der Waals surface area contributed by atoms with Gasteiger partial charge < -0.3 is 0 Å². The van der Waals surface area contributed by atoms with Crippen molar-refractivity contribution in [2.45, 2.75) is 104 Å². The van der Waals surface area contributed by atoms with Crippen molar-refractivity contribution >= 4 is 62.1 Å². The van der Waals surface area contributed by atoms with Gasteiger partial charge in [0.15, 0.2) is 5.82 Å². The van der Waals surface area contributed by atoms with Crippen molar-refractivity contribution < 1.29 is 0 Å². The van der Waals surface area contributed by atoms with Gasteiger partial charge in [-0.1, -0.05) is 154 Å². The molecule has 4 aromatic carbocycles. The van der Waals surface area contributed by atoms with Gasteiger partial charge in [-0.05, 0) is 57.5 Å². The standard InChI is InChI=1S/C48H55N5Si/c1-45(2,3)31-25-26-49-43(27-31)52-38-19-15-13-17-34(38)36-23-21-32(28-40(36)52)54(47(7,8)9,48(10,11)12)33-22-24-37-35-18-14-16-20-39(35)53(41(37)29-33)44-30-42(50-51-44)46(4,5)6/h13-30H,1-12H3,(H,50,51). The summed E-state index contributed by atoms with van der Waals surface area (Å²) >= 11 is 0. The number of H-pyrrole nitrogens is 1. The number of nitrogens with zero attached hydrogens (tertiary/aromatic N) is 4. The zero-order chi connectivity index (χ0) is 38.6. The molecule has 0 atom stereocenters. The molecule has 0 aliphatic heterocycles. The maximum Gasteiger partial charge on any atom is 0.159 e. The summed E-state index contributed by atoms with van der Waals surface area (Å²) in [5.41, 5.74) is 7.13. The van der Waals surface area contributed by atoms with Crippen LogP contribution in [0.4, 0.5) is 0 Å². The monoisotopic (exact) mass is 729 g/mol. The van der Waals surface area contributed by atoms with Gasteiger partial charge in [-0.15, -0.1) is 0 Å². The van der Waals surface area contributed by atoms with Crippen LogP contribution in [-0.4, -0.2) is 32.4 Å². The second-order valence-corrected chi connectivity index (χ2v) is 25.1. The summed E-state index contributed by atoms with van der Waals surface area (Å²) in [6.45, 7) is 28.4. The highest BCUT2D eigenvalue weighted by Gasteiger charge is 2.55. The smallest absolute Gasteiger partial charge is 0.159 e. The molecule has 54 heavy (non-hydrogen) atoms. The average Bonchev–Trinajstić information content (AvgIpc) is 3.79.